The summed E-state index contributed by atoms with van der Waals surface area (Å²) < 4.78 is 91.5. The quantitative estimate of drug-likeness (QED) is 0.195. The van der Waals surface area contributed by atoms with E-state index in [4.69, 9.17) is 4.74 Å². The van der Waals surface area contributed by atoms with Crippen LogP contribution in [0.5, 0.6) is 0 Å². The molecule has 2 N–H and O–H groups in total. The molecule has 0 saturated carbocycles. The average molecular weight is 721 g/mol. The molecule has 0 unspecified atom stereocenters. The van der Waals surface area contributed by atoms with Crippen molar-refractivity contribution < 1.29 is 45.8 Å². The van der Waals surface area contributed by atoms with Gasteiger partial charge in [0.1, 0.15) is 17.9 Å². The third-order valence-corrected chi connectivity index (χ3v) is 8.64. The van der Waals surface area contributed by atoms with Crippen LogP contribution in [0.4, 0.5) is 32.0 Å². The number of halogens is 6. The Labute approximate surface area is 289 Å². The molecule has 15 heteroatoms. The van der Waals surface area contributed by atoms with Crippen molar-refractivity contribution in [2.75, 3.05) is 24.7 Å². The van der Waals surface area contributed by atoms with Crippen molar-refractivity contribution in [1.29, 1.82) is 0 Å². The third-order valence-electron chi connectivity index (χ3n) is 8.64. The van der Waals surface area contributed by atoms with Crippen LogP contribution in [-0.2, 0) is 29.2 Å². The minimum absolute atomic E-state index is 0.0586. The number of hydrogen-bond acceptors (Lipinski definition) is 6. The molecule has 4 aromatic rings. The summed E-state index contributed by atoms with van der Waals surface area (Å²) >= 11 is 0. The second-order valence-electron chi connectivity index (χ2n) is 12.1. The molecule has 0 aliphatic carbocycles. The number of nitrogens with zero attached hydrogens (tertiary/aromatic N) is 3. The second-order valence-corrected chi connectivity index (χ2v) is 12.1. The van der Waals surface area contributed by atoms with E-state index in [-0.39, 0.29) is 59.6 Å². The molecule has 1 aliphatic heterocycles. The Bertz CT molecular complexity index is 1980. The second kappa shape index (κ2) is 15.1. The lowest BCUT2D eigenvalue weighted by molar-refractivity contribution is -0.139. The van der Waals surface area contributed by atoms with Gasteiger partial charge in [-0.15, -0.1) is 0 Å². The summed E-state index contributed by atoms with van der Waals surface area (Å²) in [5.74, 6) is -6.74. The van der Waals surface area contributed by atoms with Gasteiger partial charge in [-0.1, -0.05) is 32.0 Å². The fraction of sp³-hybridized carbons (Fsp3) is 0.389. The zero-order valence-corrected chi connectivity index (χ0v) is 28.8. The van der Waals surface area contributed by atoms with E-state index < -0.39 is 58.6 Å². The highest BCUT2D eigenvalue weighted by Crippen LogP contribution is 2.37. The van der Waals surface area contributed by atoms with Gasteiger partial charge in [-0.2, -0.15) is 13.2 Å². The molecular formula is C36H38F6N4O5. The summed E-state index contributed by atoms with van der Waals surface area (Å²) in [5, 5.41) is 12.7. The summed E-state index contributed by atoms with van der Waals surface area (Å²) in [4.78, 5) is 44.4. The summed E-state index contributed by atoms with van der Waals surface area (Å²) in [5.41, 5.74) is -1.95. The fourth-order valence-corrected chi connectivity index (χ4v) is 6.20. The van der Waals surface area contributed by atoms with Gasteiger partial charge < -0.3 is 24.6 Å². The molecule has 2 aromatic heterocycles. The molecule has 9 nitrogen and oxygen atoms in total. The Hall–Kier alpha value is -4.92. The fourth-order valence-electron chi connectivity index (χ4n) is 6.20. The van der Waals surface area contributed by atoms with E-state index in [0.717, 1.165) is 17.6 Å². The number of carbonyl (C=O) groups is 2. The molecule has 0 bridgehead atoms. The van der Waals surface area contributed by atoms with Crippen LogP contribution in [0.3, 0.4) is 0 Å². The Morgan fingerprint density at radius 1 is 1.12 bits per heavy atom. The summed E-state index contributed by atoms with van der Waals surface area (Å²) in [6.45, 7) is 7.23. The SMILES string of the molecule is CC.Cc1cc(N2CCOC[C@@H]2C(C)(F)F)cc(F)c1C(=O)N[C@@H](Cc1ccc(-c2c(C)c(C(F)(F)F)cn(C)c2=O)c2ncccc12)C(=O)O. The maximum Gasteiger partial charge on any atom is 0.418 e. The van der Waals surface area contributed by atoms with Gasteiger partial charge in [0, 0.05) is 56.0 Å². The number of ether oxygens (including phenoxy) is 1. The van der Waals surface area contributed by atoms with Gasteiger partial charge in [0.15, 0.2) is 0 Å². The molecule has 1 fully saturated rings. The van der Waals surface area contributed by atoms with Crippen LogP contribution in [0.25, 0.3) is 22.0 Å². The smallest absolute Gasteiger partial charge is 0.418 e. The van der Waals surface area contributed by atoms with Gasteiger partial charge in [-0.05, 0) is 48.7 Å². The topological polar surface area (TPSA) is 114 Å². The number of amides is 1. The van der Waals surface area contributed by atoms with Crippen LogP contribution < -0.4 is 15.8 Å². The zero-order chi connectivity index (χ0) is 38.0. The maximum atomic E-state index is 15.5. The highest BCUT2D eigenvalue weighted by atomic mass is 19.4. The van der Waals surface area contributed by atoms with E-state index in [0.29, 0.717) is 17.1 Å². The van der Waals surface area contributed by atoms with Crippen LogP contribution in [0, 0.1) is 19.7 Å². The normalized spacial score (nSPS) is 15.6. The monoisotopic (exact) mass is 720 g/mol. The Balaban J connectivity index is 0.00000286. The summed E-state index contributed by atoms with van der Waals surface area (Å²) in [6, 6.07) is 5.22. The van der Waals surface area contributed by atoms with Gasteiger partial charge in [0.05, 0.1) is 35.4 Å². The minimum atomic E-state index is -4.74. The number of fused-ring (bicyclic) bond motifs is 1. The molecular weight excluding hydrogens is 682 g/mol. The van der Waals surface area contributed by atoms with Crippen molar-refractivity contribution in [1.82, 2.24) is 14.9 Å². The highest BCUT2D eigenvalue weighted by molar-refractivity contribution is 5.99. The molecule has 2 aromatic carbocycles. The first kappa shape index (κ1) is 38.9. The predicted octanol–water partition coefficient (Wildman–Crippen LogP) is 6.69. The number of carbonyl (C=O) groups excluding carboxylic acids is 1. The van der Waals surface area contributed by atoms with Gasteiger partial charge in [0.2, 0.25) is 0 Å². The molecule has 0 spiro atoms. The molecule has 274 valence electrons. The number of aryl methyl sites for hydroxylation is 2. The first-order valence-electron chi connectivity index (χ1n) is 16.1. The van der Waals surface area contributed by atoms with E-state index in [1.807, 2.05) is 13.8 Å². The van der Waals surface area contributed by atoms with Gasteiger partial charge in [-0.3, -0.25) is 14.6 Å². The Morgan fingerprint density at radius 2 is 1.80 bits per heavy atom. The van der Waals surface area contributed by atoms with Crippen molar-refractivity contribution in [3.8, 4) is 11.1 Å². The lowest BCUT2D eigenvalue weighted by Crippen LogP contribution is -2.54. The molecule has 1 saturated heterocycles. The summed E-state index contributed by atoms with van der Waals surface area (Å²) in [6.07, 6.45) is -3.00. The van der Waals surface area contributed by atoms with Crippen LogP contribution in [0.2, 0.25) is 0 Å². The van der Waals surface area contributed by atoms with Crippen molar-refractivity contribution in [2.45, 2.75) is 65.2 Å². The lowest BCUT2D eigenvalue weighted by atomic mass is 9.92. The maximum absolute atomic E-state index is 15.5. The molecule has 1 aliphatic rings. The molecule has 1 amide bonds. The van der Waals surface area contributed by atoms with Crippen LogP contribution in [0.1, 0.15) is 53.4 Å². The Morgan fingerprint density at radius 3 is 2.41 bits per heavy atom. The van der Waals surface area contributed by atoms with E-state index in [1.165, 1.54) is 56.3 Å². The number of alkyl halides is 5. The predicted molar refractivity (Wildman–Crippen MR) is 180 cm³/mol. The number of aromatic nitrogens is 2. The number of hydrogen-bond donors (Lipinski definition) is 2. The number of anilines is 1. The van der Waals surface area contributed by atoms with E-state index in [9.17, 15) is 41.4 Å². The molecule has 51 heavy (non-hydrogen) atoms. The molecule has 5 rings (SSSR count). The molecule has 2 atom stereocenters. The molecule has 3 heterocycles. The van der Waals surface area contributed by atoms with Crippen LogP contribution >= 0.6 is 0 Å². The van der Waals surface area contributed by atoms with Crippen molar-refractivity contribution in [3.63, 3.8) is 0 Å². The third kappa shape index (κ3) is 8.03. The number of carboxylic acids is 1. The summed E-state index contributed by atoms with van der Waals surface area (Å²) in [7, 11) is 1.20. The van der Waals surface area contributed by atoms with E-state index >= 15 is 4.39 Å². The van der Waals surface area contributed by atoms with Crippen LogP contribution in [0.15, 0.2) is 53.6 Å². The Kier molecular flexibility index (Phi) is 11.5. The molecule has 0 radical (unpaired) electrons. The zero-order valence-electron chi connectivity index (χ0n) is 28.8. The standard InChI is InChI=1S/C34H32F6N4O5.C2H6/c1-17-12-20(44-10-11-49-16-26(44)33(3,36)37)14-24(35)27(17)30(45)42-25(32(47)48)13-19-7-8-22(29-21(19)6-5-9-41-29)28-18(2)23(34(38,39)40)15-43(4)31(28)46;1-2/h5-9,12,14-15,25-26H,10-11,13,16H2,1-4H3,(H,42,45)(H,47,48);1-2H3/t25-,26+;/m0./s1. The largest absolute Gasteiger partial charge is 0.480 e. The average Bonchev–Trinajstić information content (AvgIpc) is 3.06. The lowest BCUT2D eigenvalue weighted by Gasteiger charge is -2.40. The first-order chi connectivity index (χ1) is 23.9. The number of nitrogens with one attached hydrogen (secondary N) is 1. The van der Waals surface area contributed by atoms with Gasteiger partial charge in [0.25, 0.3) is 17.4 Å². The highest BCUT2D eigenvalue weighted by Gasteiger charge is 2.41. The van der Waals surface area contributed by atoms with Crippen molar-refractivity contribution in [3.05, 3.63) is 92.8 Å². The van der Waals surface area contributed by atoms with Gasteiger partial charge in [-0.25, -0.2) is 18.0 Å². The number of benzene rings is 2. The van der Waals surface area contributed by atoms with Crippen LogP contribution in [-0.4, -0.2) is 64.3 Å². The van der Waals surface area contributed by atoms with Crippen molar-refractivity contribution in [2.24, 2.45) is 7.05 Å². The number of morpholine rings is 1. The number of rotatable bonds is 8. The van der Waals surface area contributed by atoms with Crippen molar-refractivity contribution >= 4 is 28.5 Å². The number of aliphatic carboxylic acids is 1. The van der Waals surface area contributed by atoms with E-state index in [2.05, 4.69) is 10.3 Å². The first-order valence-corrected chi connectivity index (χ1v) is 16.1. The number of pyridine rings is 2. The number of carboxylic acid groups (broad SMARTS) is 1. The van der Waals surface area contributed by atoms with E-state index in [1.54, 1.807) is 6.07 Å². The van der Waals surface area contributed by atoms with Gasteiger partial charge >= 0.3 is 12.1 Å². The minimum Gasteiger partial charge on any atom is -0.480 e.